The second-order valence-electron chi connectivity index (χ2n) is 8.80. The Morgan fingerprint density at radius 1 is 1.18 bits per heavy atom. The SMILES string of the molecule is CCOc1ccc(Oc2cc(NC(=O)c3cc4n(n3)C(C(F)(F)F)CC(c3cccs3)N4)cc([N+](=O)[O-])c2)cc1. The molecule has 14 heteroatoms. The summed E-state index contributed by atoms with van der Waals surface area (Å²) >= 11 is 1.33. The lowest BCUT2D eigenvalue weighted by Crippen LogP contribution is -2.35. The van der Waals surface area contributed by atoms with E-state index in [1.165, 1.54) is 29.5 Å². The zero-order valence-corrected chi connectivity index (χ0v) is 21.7. The van der Waals surface area contributed by atoms with E-state index in [0.717, 1.165) is 15.6 Å². The number of benzene rings is 2. The molecule has 40 heavy (non-hydrogen) atoms. The molecular formula is C26H22F3N5O5S. The van der Waals surface area contributed by atoms with E-state index in [-0.39, 0.29) is 35.1 Å². The van der Waals surface area contributed by atoms with Gasteiger partial charge in [-0.2, -0.15) is 18.3 Å². The van der Waals surface area contributed by atoms with E-state index in [2.05, 4.69) is 15.7 Å². The Morgan fingerprint density at radius 3 is 2.58 bits per heavy atom. The van der Waals surface area contributed by atoms with Crippen LogP contribution in [0.15, 0.2) is 66.0 Å². The first-order valence-corrected chi connectivity index (χ1v) is 13.0. The van der Waals surface area contributed by atoms with Gasteiger partial charge in [-0.05, 0) is 42.6 Å². The van der Waals surface area contributed by atoms with Gasteiger partial charge in [0.25, 0.3) is 11.6 Å². The first-order chi connectivity index (χ1) is 19.1. The van der Waals surface area contributed by atoms with Crippen LogP contribution >= 0.6 is 11.3 Å². The molecule has 0 aliphatic carbocycles. The van der Waals surface area contributed by atoms with Gasteiger partial charge in [0.05, 0.1) is 29.3 Å². The van der Waals surface area contributed by atoms with Crippen LogP contribution in [-0.4, -0.2) is 33.4 Å². The fourth-order valence-electron chi connectivity index (χ4n) is 4.28. The molecule has 5 rings (SSSR count). The standard InChI is InChI=1S/C26H22F3N5O5S/c1-2-38-17-5-7-18(8-6-17)39-19-11-15(10-16(12-19)34(36)37)30-25(35)21-14-24-31-20(22-4-3-9-40-22)13-23(26(27,28)29)33(24)32-21/h3-12,14,20,23,31H,2,13H2,1H3,(H,30,35). The van der Waals surface area contributed by atoms with Crippen molar-refractivity contribution in [2.45, 2.75) is 31.6 Å². The van der Waals surface area contributed by atoms with Crippen LogP contribution in [0.1, 0.15) is 40.8 Å². The Balaban J connectivity index is 1.39. The highest BCUT2D eigenvalue weighted by Gasteiger charge is 2.47. The van der Waals surface area contributed by atoms with Crippen LogP contribution in [0.25, 0.3) is 0 Å². The maximum atomic E-state index is 13.9. The molecule has 0 bridgehead atoms. The van der Waals surface area contributed by atoms with Crippen molar-refractivity contribution in [2.24, 2.45) is 0 Å². The van der Waals surface area contributed by atoms with E-state index in [0.29, 0.717) is 18.1 Å². The first kappa shape index (κ1) is 27.0. The van der Waals surface area contributed by atoms with Crippen LogP contribution in [-0.2, 0) is 0 Å². The van der Waals surface area contributed by atoms with E-state index in [9.17, 15) is 28.1 Å². The van der Waals surface area contributed by atoms with E-state index >= 15 is 0 Å². The molecule has 0 saturated heterocycles. The Bertz CT molecular complexity index is 1520. The Morgan fingerprint density at radius 2 is 1.93 bits per heavy atom. The van der Waals surface area contributed by atoms with Crippen LogP contribution in [0.4, 0.5) is 30.4 Å². The van der Waals surface area contributed by atoms with Gasteiger partial charge in [0.15, 0.2) is 11.7 Å². The number of halogens is 3. The zero-order valence-electron chi connectivity index (χ0n) is 20.8. The number of nitrogens with zero attached hydrogens (tertiary/aromatic N) is 3. The van der Waals surface area contributed by atoms with Crippen LogP contribution in [0.5, 0.6) is 17.2 Å². The van der Waals surface area contributed by atoms with Gasteiger partial charge in [0, 0.05) is 29.5 Å². The fraction of sp³-hybridized carbons (Fsp3) is 0.231. The summed E-state index contributed by atoms with van der Waals surface area (Å²) in [6.07, 6.45) is -4.89. The van der Waals surface area contributed by atoms with E-state index in [4.69, 9.17) is 9.47 Å². The molecular weight excluding hydrogens is 551 g/mol. The van der Waals surface area contributed by atoms with E-state index < -0.39 is 29.1 Å². The summed E-state index contributed by atoms with van der Waals surface area (Å²) in [7, 11) is 0. The smallest absolute Gasteiger partial charge is 0.410 e. The molecule has 2 aromatic heterocycles. The average Bonchev–Trinajstić information content (AvgIpc) is 3.59. The molecule has 2 atom stereocenters. The number of alkyl halides is 3. The average molecular weight is 574 g/mol. The summed E-state index contributed by atoms with van der Waals surface area (Å²) in [4.78, 5) is 24.6. The maximum Gasteiger partial charge on any atom is 0.410 e. The number of ether oxygens (including phenoxy) is 2. The fourth-order valence-corrected chi connectivity index (χ4v) is 5.07. The Labute approximate surface area is 229 Å². The molecule has 2 unspecified atom stereocenters. The monoisotopic (exact) mass is 573 g/mol. The minimum Gasteiger partial charge on any atom is -0.494 e. The van der Waals surface area contributed by atoms with Crippen molar-refractivity contribution in [1.82, 2.24) is 9.78 Å². The second kappa shape index (κ2) is 10.9. The summed E-state index contributed by atoms with van der Waals surface area (Å²) in [5.74, 6) is 0.247. The highest BCUT2D eigenvalue weighted by Crippen LogP contribution is 2.44. The van der Waals surface area contributed by atoms with Gasteiger partial charge in [-0.3, -0.25) is 14.9 Å². The number of fused-ring (bicyclic) bond motifs is 1. The molecule has 2 N–H and O–H groups in total. The molecule has 1 aliphatic heterocycles. The molecule has 0 fully saturated rings. The number of carbonyl (C=O) groups excluding carboxylic acids is 1. The van der Waals surface area contributed by atoms with Crippen LogP contribution in [0.3, 0.4) is 0 Å². The molecule has 1 aliphatic rings. The molecule has 2 aromatic carbocycles. The number of thiophene rings is 1. The zero-order chi connectivity index (χ0) is 28.4. The third-order valence-corrected chi connectivity index (χ3v) is 7.03. The normalized spacial score (nSPS) is 16.5. The van der Waals surface area contributed by atoms with Gasteiger partial charge >= 0.3 is 6.18 Å². The predicted octanol–water partition coefficient (Wildman–Crippen LogP) is 6.96. The second-order valence-corrected chi connectivity index (χ2v) is 9.78. The topological polar surface area (TPSA) is 121 Å². The van der Waals surface area contributed by atoms with Crippen molar-refractivity contribution < 1.29 is 32.4 Å². The number of aromatic nitrogens is 2. The van der Waals surface area contributed by atoms with Crippen LogP contribution < -0.4 is 20.1 Å². The minimum absolute atomic E-state index is 0.00269. The first-order valence-electron chi connectivity index (χ1n) is 12.1. The highest BCUT2D eigenvalue weighted by molar-refractivity contribution is 7.10. The summed E-state index contributed by atoms with van der Waals surface area (Å²) in [6, 6.07) is 12.4. The molecule has 1 amide bonds. The van der Waals surface area contributed by atoms with Crippen molar-refractivity contribution in [1.29, 1.82) is 0 Å². The molecule has 10 nitrogen and oxygen atoms in total. The number of nitro benzene ring substituents is 1. The number of nitro groups is 1. The van der Waals surface area contributed by atoms with Gasteiger partial charge in [0.2, 0.25) is 0 Å². The number of rotatable bonds is 8. The van der Waals surface area contributed by atoms with Crippen LogP contribution in [0, 0.1) is 10.1 Å². The predicted molar refractivity (Wildman–Crippen MR) is 141 cm³/mol. The third-order valence-electron chi connectivity index (χ3n) is 6.04. The van der Waals surface area contributed by atoms with Gasteiger partial charge in [-0.1, -0.05) is 6.07 Å². The minimum atomic E-state index is -4.60. The lowest BCUT2D eigenvalue weighted by Gasteiger charge is -2.32. The molecule has 4 aromatic rings. The van der Waals surface area contributed by atoms with Crippen molar-refractivity contribution in [3.8, 4) is 17.2 Å². The molecule has 0 saturated carbocycles. The molecule has 208 valence electrons. The number of non-ortho nitro benzene ring substituents is 1. The number of nitrogens with one attached hydrogen (secondary N) is 2. The van der Waals surface area contributed by atoms with Crippen molar-refractivity contribution in [3.63, 3.8) is 0 Å². The van der Waals surface area contributed by atoms with Crippen LogP contribution in [0.2, 0.25) is 0 Å². The van der Waals surface area contributed by atoms with Crippen molar-refractivity contribution in [2.75, 3.05) is 17.2 Å². The Hall–Kier alpha value is -4.59. The van der Waals surface area contributed by atoms with Gasteiger partial charge in [0.1, 0.15) is 23.1 Å². The van der Waals surface area contributed by atoms with Gasteiger partial charge in [-0.25, -0.2) is 4.68 Å². The molecule has 0 radical (unpaired) electrons. The number of carbonyl (C=O) groups is 1. The lowest BCUT2D eigenvalue weighted by atomic mass is 10.0. The summed E-state index contributed by atoms with van der Waals surface area (Å²) in [5.41, 5.74) is -0.646. The number of anilines is 2. The van der Waals surface area contributed by atoms with E-state index in [1.54, 1.807) is 41.8 Å². The van der Waals surface area contributed by atoms with Crippen molar-refractivity contribution >= 4 is 34.4 Å². The summed E-state index contributed by atoms with van der Waals surface area (Å²) < 4.78 is 53.6. The number of hydrogen-bond acceptors (Lipinski definition) is 8. The number of hydrogen-bond donors (Lipinski definition) is 2. The number of amides is 1. The molecule has 3 heterocycles. The van der Waals surface area contributed by atoms with Crippen molar-refractivity contribution in [3.05, 3.63) is 86.7 Å². The summed E-state index contributed by atoms with van der Waals surface area (Å²) in [5, 5.41) is 22.7. The van der Waals surface area contributed by atoms with Gasteiger partial charge < -0.3 is 20.1 Å². The highest BCUT2D eigenvalue weighted by atomic mass is 32.1. The maximum absolute atomic E-state index is 13.9. The summed E-state index contributed by atoms with van der Waals surface area (Å²) in [6.45, 7) is 2.32. The Kier molecular flexibility index (Phi) is 7.34. The largest absolute Gasteiger partial charge is 0.494 e. The third kappa shape index (κ3) is 5.86. The van der Waals surface area contributed by atoms with Gasteiger partial charge in [-0.15, -0.1) is 11.3 Å². The van der Waals surface area contributed by atoms with E-state index in [1.807, 2.05) is 6.92 Å². The lowest BCUT2D eigenvalue weighted by molar-refractivity contribution is -0.384. The quantitative estimate of drug-likeness (QED) is 0.173. The molecule has 0 spiro atoms.